The Labute approximate surface area is 142 Å². The number of benzene rings is 1. The number of rotatable bonds is 5. The van der Waals surface area contributed by atoms with E-state index >= 15 is 0 Å². The molecular formula is C17H14N4O2S. The molecule has 0 saturated heterocycles. The van der Waals surface area contributed by atoms with Gasteiger partial charge in [-0.15, -0.1) is 11.3 Å². The first-order chi connectivity index (χ1) is 11.6. The third-order valence-corrected chi connectivity index (χ3v) is 4.18. The smallest absolute Gasteiger partial charge is 0.271 e. The SMILES string of the molecule is NC(=O)[C@@H](NC(=O)c1csc(-c2ccccn2)n1)c1ccccc1. The van der Waals surface area contributed by atoms with Crippen LogP contribution in [-0.4, -0.2) is 21.8 Å². The van der Waals surface area contributed by atoms with Crippen LogP contribution in [0.3, 0.4) is 0 Å². The van der Waals surface area contributed by atoms with Crippen LogP contribution in [0.15, 0.2) is 60.1 Å². The summed E-state index contributed by atoms with van der Waals surface area (Å²) in [7, 11) is 0. The van der Waals surface area contributed by atoms with E-state index in [1.165, 1.54) is 11.3 Å². The van der Waals surface area contributed by atoms with E-state index in [4.69, 9.17) is 5.73 Å². The van der Waals surface area contributed by atoms with Crippen LogP contribution in [0.5, 0.6) is 0 Å². The Morgan fingerprint density at radius 2 is 1.83 bits per heavy atom. The molecule has 3 N–H and O–H groups in total. The van der Waals surface area contributed by atoms with E-state index in [1.54, 1.807) is 35.8 Å². The number of nitrogens with one attached hydrogen (secondary N) is 1. The average molecular weight is 338 g/mol. The largest absolute Gasteiger partial charge is 0.368 e. The highest BCUT2D eigenvalue weighted by Crippen LogP contribution is 2.22. The van der Waals surface area contributed by atoms with Crippen LogP contribution in [-0.2, 0) is 4.79 Å². The van der Waals surface area contributed by atoms with Crippen molar-refractivity contribution < 1.29 is 9.59 Å². The molecule has 1 aromatic carbocycles. The number of hydrogen-bond acceptors (Lipinski definition) is 5. The highest BCUT2D eigenvalue weighted by molar-refractivity contribution is 7.13. The molecule has 0 saturated carbocycles. The van der Waals surface area contributed by atoms with E-state index in [0.29, 0.717) is 16.3 Å². The maximum absolute atomic E-state index is 12.4. The van der Waals surface area contributed by atoms with Gasteiger partial charge in [0.2, 0.25) is 5.91 Å². The van der Waals surface area contributed by atoms with Crippen LogP contribution in [0, 0.1) is 0 Å². The molecule has 0 aliphatic rings. The lowest BCUT2D eigenvalue weighted by atomic mass is 10.1. The normalized spacial score (nSPS) is 11.7. The molecule has 0 bridgehead atoms. The molecule has 3 aromatic rings. The number of nitrogens with two attached hydrogens (primary N) is 1. The minimum atomic E-state index is -0.904. The lowest BCUT2D eigenvalue weighted by molar-refractivity contribution is -0.120. The van der Waals surface area contributed by atoms with Crippen molar-refractivity contribution in [3.8, 4) is 10.7 Å². The van der Waals surface area contributed by atoms with Gasteiger partial charge in [-0.1, -0.05) is 36.4 Å². The van der Waals surface area contributed by atoms with Crippen molar-refractivity contribution >= 4 is 23.2 Å². The molecule has 0 radical (unpaired) electrons. The molecule has 0 spiro atoms. The molecule has 0 fully saturated rings. The zero-order valence-corrected chi connectivity index (χ0v) is 13.4. The summed E-state index contributed by atoms with van der Waals surface area (Å²) in [5.41, 5.74) is 6.95. The summed E-state index contributed by atoms with van der Waals surface area (Å²) in [5, 5.41) is 4.89. The van der Waals surface area contributed by atoms with Gasteiger partial charge in [0, 0.05) is 11.6 Å². The molecule has 2 heterocycles. The Morgan fingerprint density at radius 1 is 1.08 bits per heavy atom. The number of hydrogen-bond donors (Lipinski definition) is 2. The average Bonchev–Trinajstić information content (AvgIpc) is 3.11. The molecule has 6 nitrogen and oxygen atoms in total. The number of carbonyl (C=O) groups is 2. The summed E-state index contributed by atoms with van der Waals surface area (Å²) in [6, 6.07) is 13.4. The molecule has 3 rings (SSSR count). The van der Waals surface area contributed by atoms with Crippen molar-refractivity contribution in [2.24, 2.45) is 5.73 Å². The van der Waals surface area contributed by atoms with E-state index in [1.807, 2.05) is 24.3 Å². The fourth-order valence-corrected chi connectivity index (χ4v) is 2.93. The van der Waals surface area contributed by atoms with Gasteiger partial charge in [-0.25, -0.2) is 4.98 Å². The Bertz CT molecular complexity index is 849. The summed E-state index contributed by atoms with van der Waals surface area (Å²) in [6.45, 7) is 0. The number of amides is 2. The standard InChI is InChI=1S/C17H14N4O2S/c18-15(22)14(11-6-2-1-3-7-11)21-16(23)13-10-24-17(20-13)12-8-4-5-9-19-12/h1-10,14H,(H2,18,22)(H,21,23)/t14-/m0/s1. The van der Waals surface area contributed by atoms with Crippen molar-refractivity contribution in [1.82, 2.24) is 15.3 Å². The van der Waals surface area contributed by atoms with E-state index in [-0.39, 0.29) is 5.69 Å². The Morgan fingerprint density at radius 3 is 2.50 bits per heavy atom. The maximum Gasteiger partial charge on any atom is 0.271 e. The third kappa shape index (κ3) is 3.47. The quantitative estimate of drug-likeness (QED) is 0.745. The number of primary amides is 1. The Balaban J connectivity index is 1.79. The molecule has 120 valence electrons. The molecule has 7 heteroatoms. The summed E-state index contributed by atoms with van der Waals surface area (Å²) >= 11 is 1.31. The lowest BCUT2D eigenvalue weighted by Crippen LogP contribution is -2.37. The van der Waals surface area contributed by atoms with Crippen molar-refractivity contribution in [2.75, 3.05) is 0 Å². The van der Waals surface area contributed by atoms with Crippen molar-refractivity contribution in [3.63, 3.8) is 0 Å². The minimum absolute atomic E-state index is 0.225. The van der Waals surface area contributed by atoms with Gasteiger partial charge in [-0.05, 0) is 17.7 Å². The van der Waals surface area contributed by atoms with Crippen LogP contribution in [0.25, 0.3) is 10.7 Å². The zero-order chi connectivity index (χ0) is 16.9. The number of nitrogens with zero attached hydrogens (tertiary/aromatic N) is 2. The number of thiazole rings is 1. The molecular weight excluding hydrogens is 324 g/mol. The second-order valence-corrected chi connectivity index (χ2v) is 5.83. The van der Waals surface area contributed by atoms with E-state index in [2.05, 4.69) is 15.3 Å². The van der Waals surface area contributed by atoms with Gasteiger partial charge in [0.1, 0.15) is 16.7 Å². The van der Waals surface area contributed by atoms with E-state index < -0.39 is 17.9 Å². The second-order valence-electron chi connectivity index (χ2n) is 4.97. The molecule has 2 aromatic heterocycles. The Hall–Kier alpha value is -3.06. The second kappa shape index (κ2) is 7.01. The number of pyridine rings is 1. The summed E-state index contributed by atoms with van der Waals surface area (Å²) in [4.78, 5) is 32.5. The van der Waals surface area contributed by atoms with Crippen LogP contribution >= 0.6 is 11.3 Å². The van der Waals surface area contributed by atoms with Crippen molar-refractivity contribution in [1.29, 1.82) is 0 Å². The number of aromatic nitrogens is 2. The van der Waals surface area contributed by atoms with Crippen molar-refractivity contribution in [3.05, 3.63) is 71.4 Å². The lowest BCUT2D eigenvalue weighted by Gasteiger charge is -2.14. The van der Waals surface area contributed by atoms with Crippen LogP contribution < -0.4 is 11.1 Å². The minimum Gasteiger partial charge on any atom is -0.368 e. The zero-order valence-electron chi connectivity index (χ0n) is 12.5. The van der Waals surface area contributed by atoms with Gasteiger partial charge in [-0.2, -0.15) is 0 Å². The third-order valence-electron chi connectivity index (χ3n) is 3.31. The fraction of sp³-hybridized carbons (Fsp3) is 0.0588. The van der Waals surface area contributed by atoms with Crippen LogP contribution in [0.2, 0.25) is 0 Å². The molecule has 1 atom stereocenters. The topological polar surface area (TPSA) is 98.0 Å². The van der Waals surface area contributed by atoms with Gasteiger partial charge < -0.3 is 11.1 Å². The van der Waals surface area contributed by atoms with Crippen LogP contribution in [0.4, 0.5) is 0 Å². The van der Waals surface area contributed by atoms with E-state index in [9.17, 15) is 9.59 Å². The summed E-state index contributed by atoms with van der Waals surface area (Å²) in [5.74, 6) is -1.09. The van der Waals surface area contributed by atoms with Gasteiger partial charge in [0.25, 0.3) is 5.91 Å². The first-order valence-corrected chi connectivity index (χ1v) is 8.05. The predicted molar refractivity (Wildman–Crippen MR) is 91.2 cm³/mol. The molecule has 0 unspecified atom stereocenters. The summed E-state index contributed by atoms with van der Waals surface area (Å²) < 4.78 is 0. The van der Waals surface area contributed by atoms with Gasteiger partial charge in [-0.3, -0.25) is 14.6 Å². The highest BCUT2D eigenvalue weighted by atomic mass is 32.1. The van der Waals surface area contributed by atoms with E-state index in [0.717, 1.165) is 0 Å². The first-order valence-electron chi connectivity index (χ1n) is 7.17. The summed E-state index contributed by atoms with van der Waals surface area (Å²) in [6.07, 6.45) is 1.66. The maximum atomic E-state index is 12.4. The Kier molecular flexibility index (Phi) is 4.62. The molecule has 0 aliphatic heterocycles. The van der Waals surface area contributed by atoms with Gasteiger partial charge in [0.15, 0.2) is 0 Å². The van der Waals surface area contributed by atoms with Gasteiger partial charge in [0.05, 0.1) is 5.69 Å². The highest BCUT2D eigenvalue weighted by Gasteiger charge is 2.22. The monoisotopic (exact) mass is 338 g/mol. The van der Waals surface area contributed by atoms with Crippen molar-refractivity contribution in [2.45, 2.75) is 6.04 Å². The molecule has 0 aliphatic carbocycles. The number of carbonyl (C=O) groups excluding carboxylic acids is 2. The molecule has 2 amide bonds. The first kappa shape index (κ1) is 15.8. The fourth-order valence-electron chi connectivity index (χ4n) is 2.15. The van der Waals surface area contributed by atoms with Crippen LogP contribution in [0.1, 0.15) is 22.1 Å². The molecule has 24 heavy (non-hydrogen) atoms. The predicted octanol–water partition coefficient (Wildman–Crippen LogP) is 2.16. The van der Waals surface area contributed by atoms with Gasteiger partial charge >= 0.3 is 0 Å².